The molecular formula is C14H10BrF2N3. The van der Waals surface area contributed by atoms with Crippen LogP contribution in [0.5, 0.6) is 0 Å². The highest BCUT2D eigenvalue weighted by molar-refractivity contribution is 9.10. The Bertz CT molecular complexity index is 827. The number of anilines is 1. The largest absolute Gasteiger partial charge is 0.369 e. The van der Waals surface area contributed by atoms with E-state index in [4.69, 9.17) is 5.73 Å². The van der Waals surface area contributed by atoms with E-state index >= 15 is 0 Å². The fourth-order valence-electron chi connectivity index (χ4n) is 2.08. The zero-order valence-electron chi connectivity index (χ0n) is 10.5. The second kappa shape index (κ2) is 4.56. The van der Waals surface area contributed by atoms with E-state index < -0.39 is 5.82 Å². The molecule has 0 aliphatic rings. The van der Waals surface area contributed by atoms with Crippen molar-refractivity contribution >= 4 is 32.9 Å². The molecule has 0 saturated heterocycles. The number of rotatable bonds is 1. The average molecular weight is 338 g/mol. The predicted octanol–water partition coefficient (Wildman–Crippen LogP) is 3.96. The van der Waals surface area contributed by atoms with Crippen molar-refractivity contribution < 1.29 is 8.78 Å². The lowest BCUT2D eigenvalue weighted by molar-refractivity contribution is 0.617. The van der Waals surface area contributed by atoms with Crippen molar-refractivity contribution in [3.63, 3.8) is 0 Å². The molecule has 0 radical (unpaired) electrons. The van der Waals surface area contributed by atoms with Crippen molar-refractivity contribution in [1.82, 2.24) is 9.55 Å². The number of benzene rings is 2. The van der Waals surface area contributed by atoms with Gasteiger partial charge >= 0.3 is 0 Å². The molecule has 6 heteroatoms. The normalized spacial score (nSPS) is 11.2. The minimum atomic E-state index is -0.419. The Kier molecular flexibility index (Phi) is 2.97. The summed E-state index contributed by atoms with van der Waals surface area (Å²) in [5.74, 6) is -0.567. The number of aryl methyl sites for hydroxylation is 1. The van der Waals surface area contributed by atoms with Crippen molar-refractivity contribution in [3.8, 4) is 5.69 Å². The molecule has 0 aliphatic carbocycles. The van der Waals surface area contributed by atoms with Crippen LogP contribution in [0.4, 0.5) is 14.7 Å². The number of hydrogen-bond donors (Lipinski definition) is 1. The number of fused-ring (bicyclic) bond motifs is 1. The molecule has 0 unspecified atom stereocenters. The molecule has 102 valence electrons. The Labute approximate surface area is 122 Å². The van der Waals surface area contributed by atoms with Gasteiger partial charge in [-0.3, -0.25) is 4.57 Å². The van der Waals surface area contributed by atoms with Gasteiger partial charge in [0.15, 0.2) is 0 Å². The summed E-state index contributed by atoms with van der Waals surface area (Å²) in [7, 11) is 0. The smallest absolute Gasteiger partial charge is 0.205 e. The Balaban J connectivity index is 2.32. The van der Waals surface area contributed by atoms with Crippen molar-refractivity contribution in [2.24, 2.45) is 0 Å². The first-order valence-corrected chi connectivity index (χ1v) is 6.66. The van der Waals surface area contributed by atoms with E-state index in [0.717, 1.165) is 0 Å². The maximum absolute atomic E-state index is 13.7. The molecule has 20 heavy (non-hydrogen) atoms. The van der Waals surface area contributed by atoms with Gasteiger partial charge in [-0.15, -0.1) is 0 Å². The van der Waals surface area contributed by atoms with Gasteiger partial charge in [0.1, 0.15) is 11.6 Å². The highest BCUT2D eigenvalue weighted by Gasteiger charge is 2.13. The van der Waals surface area contributed by atoms with Crippen molar-refractivity contribution in [1.29, 1.82) is 0 Å². The Morgan fingerprint density at radius 3 is 2.60 bits per heavy atom. The molecule has 0 spiro atoms. The molecule has 3 aromatic rings. The summed E-state index contributed by atoms with van der Waals surface area (Å²) in [6.07, 6.45) is 0. The SMILES string of the molecule is Cc1ccc(-n2c(N)nc3cc(F)c(Br)cc32)cc1F. The van der Waals surface area contributed by atoms with E-state index in [9.17, 15) is 8.78 Å². The number of halogens is 3. The molecule has 3 nitrogen and oxygen atoms in total. The number of aromatic nitrogens is 2. The number of nitrogens with zero attached hydrogens (tertiary/aromatic N) is 2. The maximum Gasteiger partial charge on any atom is 0.205 e. The monoisotopic (exact) mass is 337 g/mol. The minimum Gasteiger partial charge on any atom is -0.369 e. The second-order valence-corrected chi connectivity index (χ2v) is 5.35. The van der Waals surface area contributed by atoms with Gasteiger partial charge in [0, 0.05) is 6.07 Å². The Hall–Kier alpha value is -1.95. The van der Waals surface area contributed by atoms with Crippen LogP contribution in [0, 0.1) is 18.6 Å². The van der Waals surface area contributed by atoms with Crippen LogP contribution in [0.3, 0.4) is 0 Å². The van der Waals surface area contributed by atoms with Crippen LogP contribution in [0.25, 0.3) is 16.7 Å². The quantitative estimate of drug-likeness (QED) is 0.730. The Morgan fingerprint density at radius 2 is 1.90 bits per heavy atom. The van der Waals surface area contributed by atoms with Gasteiger partial charge in [-0.05, 0) is 46.6 Å². The number of hydrogen-bond acceptors (Lipinski definition) is 2. The highest BCUT2D eigenvalue weighted by Crippen LogP contribution is 2.28. The fraction of sp³-hybridized carbons (Fsp3) is 0.0714. The van der Waals surface area contributed by atoms with Gasteiger partial charge in [0.2, 0.25) is 5.95 Å². The summed E-state index contributed by atoms with van der Waals surface area (Å²) < 4.78 is 29.1. The van der Waals surface area contributed by atoms with Crippen LogP contribution >= 0.6 is 15.9 Å². The summed E-state index contributed by atoms with van der Waals surface area (Å²) in [6, 6.07) is 7.65. The van der Waals surface area contributed by atoms with Crippen LogP contribution < -0.4 is 5.73 Å². The van der Waals surface area contributed by atoms with Gasteiger partial charge in [-0.2, -0.15) is 0 Å². The molecule has 3 rings (SSSR count). The molecule has 2 N–H and O–H groups in total. The first-order valence-electron chi connectivity index (χ1n) is 5.87. The lowest BCUT2D eigenvalue weighted by atomic mass is 10.2. The van der Waals surface area contributed by atoms with Crippen LogP contribution in [0.2, 0.25) is 0 Å². The predicted molar refractivity (Wildman–Crippen MR) is 77.8 cm³/mol. The molecule has 1 aromatic heterocycles. The van der Waals surface area contributed by atoms with Gasteiger partial charge in [-0.1, -0.05) is 6.07 Å². The van der Waals surface area contributed by atoms with Crippen LogP contribution in [-0.4, -0.2) is 9.55 Å². The summed E-state index contributed by atoms with van der Waals surface area (Å²) >= 11 is 3.13. The molecule has 0 saturated carbocycles. The summed E-state index contributed by atoms with van der Waals surface area (Å²) in [6.45, 7) is 1.68. The van der Waals surface area contributed by atoms with Crippen LogP contribution in [0.1, 0.15) is 5.56 Å². The molecule has 1 heterocycles. The van der Waals surface area contributed by atoms with E-state index in [1.54, 1.807) is 29.7 Å². The minimum absolute atomic E-state index is 0.181. The van der Waals surface area contributed by atoms with E-state index in [-0.39, 0.29) is 11.8 Å². The molecule has 0 amide bonds. The first kappa shape index (κ1) is 13.1. The standard InChI is InChI=1S/C14H10BrF2N3/c1-7-2-3-8(4-10(7)16)20-13-5-9(15)11(17)6-12(13)19-14(20)18/h2-6H,1H3,(H2,18,19). The van der Waals surface area contributed by atoms with E-state index in [1.165, 1.54) is 12.1 Å². The molecule has 0 aliphatic heterocycles. The summed E-state index contributed by atoms with van der Waals surface area (Å²) in [4.78, 5) is 4.10. The lowest BCUT2D eigenvalue weighted by Crippen LogP contribution is -2.01. The van der Waals surface area contributed by atoms with E-state index in [2.05, 4.69) is 20.9 Å². The van der Waals surface area contributed by atoms with Gasteiger partial charge in [-0.25, -0.2) is 13.8 Å². The summed E-state index contributed by atoms with van der Waals surface area (Å²) in [5, 5.41) is 0. The molecular weight excluding hydrogens is 328 g/mol. The molecule has 0 bridgehead atoms. The Morgan fingerprint density at radius 1 is 1.15 bits per heavy atom. The number of nitrogens with two attached hydrogens (primary N) is 1. The third kappa shape index (κ3) is 1.96. The zero-order chi connectivity index (χ0) is 14.4. The topological polar surface area (TPSA) is 43.8 Å². The van der Waals surface area contributed by atoms with Crippen molar-refractivity contribution in [2.45, 2.75) is 6.92 Å². The third-order valence-electron chi connectivity index (χ3n) is 3.14. The van der Waals surface area contributed by atoms with Gasteiger partial charge in [0.25, 0.3) is 0 Å². The fourth-order valence-corrected chi connectivity index (χ4v) is 2.41. The number of nitrogen functional groups attached to an aromatic ring is 1. The van der Waals surface area contributed by atoms with Crippen LogP contribution in [-0.2, 0) is 0 Å². The zero-order valence-corrected chi connectivity index (χ0v) is 12.1. The summed E-state index contributed by atoms with van der Waals surface area (Å²) in [5.41, 5.74) is 7.99. The molecule has 0 fully saturated rings. The van der Waals surface area contributed by atoms with E-state index in [0.29, 0.717) is 26.8 Å². The second-order valence-electron chi connectivity index (χ2n) is 4.49. The van der Waals surface area contributed by atoms with Gasteiger partial charge in [0.05, 0.1) is 21.2 Å². The number of imidazole rings is 1. The van der Waals surface area contributed by atoms with Crippen molar-refractivity contribution in [3.05, 3.63) is 52.0 Å². The van der Waals surface area contributed by atoms with Gasteiger partial charge < -0.3 is 5.73 Å². The maximum atomic E-state index is 13.7. The first-order chi connectivity index (χ1) is 9.47. The highest BCUT2D eigenvalue weighted by atomic mass is 79.9. The lowest BCUT2D eigenvalue weighted by Gasteiger charge is -2.08. The molecule has 2 aromatic carbocycles. The molecule has 0 atom stereocenters. The third-order valence-corrected chi connectivity index (χ3v) is 3.74. The van der Waals surface area contributed by atoms with Crippen molar-refractivity contribution in [2.75, 3.05) is 5.73 Å². The average Bonchev–Trinajstić information content (AvgIpc) is 2.69. The van der Waals surface area contributed by atoms with Crippen LogP contribution in [0.15, 0.2) is 34.8 Å². The van der Waals surface area contributed by atoms with E-state index in [1.807, 2.05) is 0 Å².